The second-order valence-electron chi connectivity index (χ2n) is 10.0. The maximum Gasteiger partial charge on any atom is 0.253 e. The fourth-order valence-electron chi connectivity index (χ4n) is 5.47. The van der Waals surface area contributed by atoms with Crippen LogP contribution in [-0.2, 0) is 20.8 Å². The van der Waals surface area contributed by atoms with E-state index < -0.39 is 5.54 Å². The van der Waals surface area contributed by atoms with Crippen LogP contribution in [0.5, 0.6) is 0 Å². The van der Waals surface area contributed by atoms with Gasteiger partial charge in [-0.3, -0.25) is 19.4 Å². The Balaban J connectivity index is 1.27. The number of anilines is 1. The van der Waals surface area contributed by atoms with Crippen molar-refractivity contribution in [3.05, 3.63) is 28.3 Å². The van der Waals surface area contributed by atoms with Crippen molar-refractivity contribution in [3.63, 3.8) is 0 Å². The molecule has 0 radical (unpaired) electrons. The number of rotatable bonds is 7. The number of nitrogens with one attached hydrogen (secondary N) is 2. The molecule has 8 heteroatoms. The summed E-state index contributed by atoms with van der Waals surface area (Å²) < 4.78 is 0. The highest BCUT2D eigenvalue weighted by molar-refractivity contribution is 6.34. The van der Waals surface area contributed by atoms with Gasteiger partial charge in [0, 0.05) is 25.9 Å². The van der Waals surface area contributed by atoms with Gasteiger partial charge in [0.1, 0.15) is 11.4 Å². The van der Waals surface area contributed by atoms with Gasteiger partial charge in [-0.05, 0) is 75.0 Å². The zero-order valence-corrected chi connectivity index (χ0v) is 21.3. The monoisotopic (exact) mass is 488 g/mol. The maximum absolute atomic E-state index is 12.9. The van der Waals surface area contributed by atoms with E-state index in [1.54, 1.807) is 0 Å². The Hall–Kier alpha value is -1.96. The number of amides is 2. The SMILES string of the molecule is CC[C@H]1CC[C@H](C2=NC3(CCN(OCCc4ccc(NC(C)=O)c(Cl)c4C)CC3)C(=O)N2)CC1. The molecule has 1 aliphatic carbocycles. The van der Waals surface area contributed by atoms with Gasteiger partial charge in [-0.15, -0.1) is 0 Å². The van der Waals surface area contributed by atoms with E-state index in [1.807, 2.05) is 24.1 Å². The second kappa shape index (κ2) is 10.8. The van der Waals surface area contributed by atoms with E-state index in [-0.39, 0.29) is 11.8 Å². The molecule has 0 unspecified atom stereocenters. The van der Waals surface area contributed by atoms with E-state index in [2.05, 4.69) is 17.6 Å². The lowest BCUT2D eigenvalue weighted by molar-refractivity contribution is -0.176. The second-order valence-corrected chi connectivity index (χ2v) is 10.4. The smallest absolute Gasteiger partial charge is 0.253 e. The third-order valence-corrected chi connectivity index (χ3v) is 8.30. The lowest BCUT2D eigenvalue weighted by Crippen LogP contribution is -2.49. The molecule has 2 aliphatic heterocycles. The minimum absolute atomic E-state index is 0.0734. The molecule has 1 spiro atoms. The number of benzene rings is 1. The molecule has 0 atom stereocenters. The molecule has 0 bridgehead atoms. The third-order valence-electron chi connectivity index (χ3n) is 7.81. The summed E-state index contributed by atoms with van der Waals surface area (Å²) in [5.74, 6) is 2.11. The zero-order valence-electron chi connectivity index (χ0n) is 20.6. The van der Waals surface area contributed by atoms with Gasteiger partial charge >= 0.3 is 0 Å². The Labute approximate surface area is 207 Å². The molecule has 0 aromatic heterocycles. The molecule has 1 aromatic carbocycles. The van der Waals surface area contributed by atoms with Gasteiger partial charge in [-0.1, -0.05) is 31.0 Å². The highest BCUT2D eigenvalue weighted by Gasteiger charge is 2.47. The van der Waals surface area contributed by atoms with E-state index in [9.17, 15) is 9.59 Å². The standard InChI is InChI=1S/C26H37ClN4O3/c1-4-19-5-7-21(8-6-19)24-29-25(33)26(30-24)12-14-31(15-13-26)34-16-11-20-9-10-22(28-18(3)32)23(27)17(20)2/h9-10,19,21H,4-8,11-16H2,1-3H3,(H,28,32)(H,29,30,33)/t19-,21-. The maximum atomic E-state index is 12.9. The summed E-state index contributed by atoms with van der Waals surface area (Å²) in [6, 6.07) is 3.81. The minimum atomic E-state index is -0.611. The minimum Gasteiger partial charge on any atom is -0.325 e. The largest absolute Gasteiger partial charge is 0.325 e. The van der Waals surface area contributed by atoms with E-state index in [4.69, 9.17) is 21.4 Å². The topological polar surface area (TPSA) is 83.0 Å². The zero-order chi connectivity index (χ0) is 24.3. The molecule has 3 aliphatic rings. The molecule has 2 heterocycles. The van der Waals surface area contributed by atoms with Crippen molar-refractivity contribution in [2.45, 2.75) is 77.7 Å². The number of halogens is 1. The Bertz CT molecular complexity index is 948. The number of hydrogen-bond donors (Lipinski definition) is 2. The van der Waals surface area contributed by atoms with Crippen LogP contribution in [0.25, 0.3) is 0 Å². The molecule has 1 saturated heterocycles. The van der Waals surface area contributed by atoms with Gasteiger partial charge in [0.2, 0.25) is 5.91 Å². The number of amidine groups is 1. The van der Waals surface area contributed by atoms with E-state index in [0.29, 0.717) is 49.2 Å². The van der Waals surface area contributed by atoms with E-state index >= 15 is 0 Å². The molecular weight excluding hydrogens is 452 g/mol. The highest BCUT2D eigenvalue weighted by atomic mass is 35.5. The first-order valence-corrected chi connectivity index (χ1v) is 13.0. The first-order valence-electron chi connectivity index (χ1n) is 12.7. The van der Waals surface area contributed by atoms with E-state index in [1.165, 1.54) is 26.2 Å². The van der Waals surface area contributed by atoms with Gasteiger partial charge in [-0.2, -0.15) is 5.06 Å². The average molecular weight is 489 g/mol. The molecule has 186 valence electrons. The molecule has 4 rings (SSSR count). The molecule has 2 amide bonds. The number of nitrogens with zero attached hydrogens (tertiary/aromatic N) is 2. The fourth-order valence-corrected chi connectivity index (χ4v) is 5.70. The number of hydrogen-bond acceptors (Lipinski definition) is 5. The number of carbonyl (C=O) groups excluding carboxylic acids is 2. The van der Waals surface area contributed by atoms with Gasteiger partial charge < -0.3 is 10.6 Å². The van der Waals surface area contributed by atoms with Crippen molar-refractivity contribution in [1.82, 2.24) is 10.4 Å². The summed E-state index contributed by atoms with van der Waals surface area (Å²) in [6.07, 6.45) is 8.09. The van der Waals surface area contributed by atoms with Crippen molar-refractivity contribution in [3.8, 4) is 0 Å². The molecular formula is C26H37ClN4O3. The van der Waals surface area contributed by atoms with Crippen LogP contribution in [0.3, 0.4) is 0 Å². The number of aliphatic imine (C=N–C) groups is 1. The third kappa shape index (κ3) is 5.47. The van der Waals surface area contributed by atoms with Crippen LogP contribution in [0.1, 0.15) is 69.9 Å². The molecule has 1 aromatic rings. The Kier molecular flexibility index (Phi) is 7.95. The normalized spacial score (nSPS) is 24.7. The van der Waals surface area contributed by atoms with Crippen molar-refractivity contribution in [1.29, 1.82) is 0 Å². The fraction of sp³-hybridized carbons (Fsp3) is 0.654. The lowest BCUT2D eigenvalue weighted by Gasteiger charge is -2.34. The van der Waals surface area contributed by atoms with Gasteiger partial charge in [0.05, 0.1) is 17.3 Å². The average Bonchev–Trinajstić information content (AvgIpc) is 3.15. The predicted molar refractivity (Wildman–Crippen MR) is 135 cm³/mol. The van der Waals surface area contributed by atoms with Crippen LogP contribution in [0.15, 0.2) is 17.1 Å². The van der Waals surface area contributed by atoms with Crippen LogP contribution in [0, 0.1) is 18.8 Å². The highest BCUT2D eigenvalue weighted by Crippen LogP contribution is 2.36. The number of piperidine rings is 1. The Morgan fingerprint density at radius 1 is 1.26 bits per heavy atom. The van der Waals surface area contributed by atoms with Crippen LogP contribution in [0.4, 0.5) is 5.69 Å². The summed E-state index contributed by atoms with van der Waals surface area (Å²) in [6.45, 7) is 7.60. The molecule has 7 nitrogen and oxygen atoms in total. The summed E-state index contributed by atoms with van der Waals surface area (Å²) in [4.78, 5) is 35.2. The molecule has 2 N–H and O–H groups in total. The summed E-state index contributed by atoms with van der Waals surface area (Å²) in [5, 5.41) is 8.41. The summed E-state index contributed by atoms with van der Waals surface area (Å²) in [7, 11) is 0. The van der Waals surface area contributed by atoms with Crippen LogP contribution in [0.2, 0.25) is 5.02 Å². The van der Waals surface area contributed by atoms with Crippen molar-refractivity contribution < 1.29 is 14.4 Å². The van der Waals surface area contributed by atoms with Crippen molar-refractivity contribution in [2.24, 2.45) is 16.8 Å². The number of carbonyl (C=O) groups is 2. The lowest BCUT2D eigenvalue weighted by atomic mass is 9.80. The van der Waals surface area contributed by atoms with Crippen LogP contribution in [-0.4, -0.2) is 47.9 Å². The first kappa shape index (κ1) is 25.1. The van der Waals surface area contributed by atoms with Crippen molar-refractivity contribution in [2.75, 3.05) is 25.0 Å². The van der Waals surface area contributed by atoms with Gasteiger partial charge in [0.15, 0.2) is 0 Å². The number of hydroxylamine groups is 2. The molecule has 34 heavy (non-hydrogen) atoms. The Morgan fingerprint density at radius 3 is 2.62 bits per heavy atom. The predicted octanol–water partition coefficient (Wildman–Crippen LogP) is 4.66. The Morgan fingerprint density at radius 2 is 1.97 bits per heavy atom. The van der Waals surface area contributed by atoms with Crippen LogP contribution >= 0.6 is 11.6 Å². The molecule has 2 fully saturated rings. The van der Waals surface area contributed by atoms with Gasteiger partial charge in [0.25, 0.3) is 5.91 Å². The van der Waals surface area contributed by atoms with Crippen molar-refractivity contribution >= 4 is 34.9 Å². The summed E-state index contributed by atoms with van der Waals surface area (Å²) in [5.41, 5.74) is 2.06. The van der Waals surface area contributed by atoms with Crippen LogP contribution < -0.4 is 10.6 Å². The van der Waals surface area contributed by atoms with E-state index in [0.717, 1.165) is 42.1 Å². The summed E-state index contributed by atoms with van der Waals surface area (Å²) >= 11 is 6.42. The van der Waals surface area contributed by atoms with Gasteiger partial charge in [-0.25, -0.2) is 0 Å². The first-order chi connectivity index (χ1) is 16.3. The quantitative estimate of drug-likeness (QED) is 0.584. The molecule has 1 saturated carbocycles.